The molecule has 0 aromatic carbocycles. The number of rotatable bonds is 2. The molecule has 2 rings (SSSR count). The number of nitrogens with zero attached hydrogens (tertiary/aromatic N) is 1. The van der Waals surface area contributed by atoms with Crippen LogP contribution < -0.4 is 11.2 Å². The number of nitrogens with one attached hydrogen (secondary N) is 1. The summed E-state index contributed by atoms with van der Waals surface area (Å²) in [6.07, 6.45) is 0.626. The molecular weight excluding hydrogens is 228 g/mol. The van der Waals surface area contributed by atoms with E-state index in [0.717, 1.165) is 4.57 Å². The van der Waals surface area contributed by atoms with Gasteiger partial charge in [-0.15, -0.1) is 0 Å². The molecule has 1 aliphatic heterocycles. The summed E-state index contributed by atoms with van der Waals surface area (Å²) in [6, 6.07) is 0. The molecule has 1 aromatic heterocycles. The standard InChI is InChI=1S/C10H12N2O5/c1-5-3-12(10(16)11-8(5)15)9-7(14)2-6(4-13)17-9/h2-3,7,9,13-14H,4H2,1H3,(H,11,15,16)/t7-,9-/m1/s1. The van der Waals surface area contributed by atoms with Crippen molar-refractivity contribution >= 4 is 0 Å². The highest BCUT2D eigenvalue weighted by Gasteiger charge is 2.29. The van der Waals surface area contributed by atoms with Gasteiger partial charge in [-0.1, -0.05) is 0 Å². The van der Waals surface area contributed by atoms with Crippen LogP contribution in [0, 0.1) is 6.92 Å². The topological polar surface area (TPSA) is 105 Å². The lowest BCUT2D eigenvalue weighted by Crippen LogP contribution is -2.36. The normalized spacial score (nSPS) is 23.4. The third-order valence-corrected chi connectivity index (χ3v) is 2.50. The van der Waals surface area contributed by atoms with Crippen LogP contribution in [-0.2, 0) is 4.74 Å². The number of aromatic nitrogens is 2. The molecule has 0 bridgehead atoms. The van der Waals surface area contributed by atoms with Gasteiger partial charge in [-0.25, -0.2) is 4.79 Å². The largest absolute Gasteiger partial charge is 0.469 e. The fourth-order valence-electron chi connectivity index (χ4n) is 1.62. The van der Waals surface area contributed by atoms with E-state index in [2.05, 4.69) is 4.98 Å². The first-order valence-electron chi connectivity index (χ1n) is 5.01. The van der Waals surface area contributed by atoms with E-state index in [4.69, 9.17) is 9.84 Å². The minimum Gasteiger partial charge on any atom is -0.469 e. The number of hydrogen-bond acceptors (Lipinski definition) is 5. The van der Waals surface area contributed by atoms with Gasteiger partial charge in [-0.3, -0.25) is 14.3 Å². The van der Waals surface area contributed by atoms with Crippen LogP contribution in [0.3, 0.4) is 0 Å². The average molecular weight is 240 g/mol. The molecule has 0 aliphatic carbocycles. The zero-order chi connectivity index (χ0) is 12.6. The summed E-state index contributed by atoms with van der Waals surface area (Å²) in [6.45, 7) is 1.18. The van der Waals surface area contributed by atoms with Gasteiger partial charge in [0.05, 0.1) is 0 Å². The lowest BCUT2D eigenvalue weighted by molar-refractivity contribution is -0.0105. The average Bonchev–Trinajstić information content (AvgIpc) is 2.65. The first kappa shape index (κ1) is 11.6. The van der Waals surface area contributed by atoms with Crippen LogP contribution in [0.25, 0.3) is 0 Å². The second kappa shape index (κ2) is 4.19. The van der Waals surface area contributed by atoms with Gasteiger partial charge in [0.2, 0.25) is 6.23 Å². The molecule has 1 aliphatic rings. The quantitative estimate of drug-likeness (QED) is 0.590. The summed E-state index contributed by atoms with van der Waals surface area (Å²) in [7, 11) is 0. The second-order valence-electron chi connectivity index (χ2n) is 3.77. The third-order valence-electron chi connectivity index (χ3n) is 2.50. The Morgan fingerprint density at radius 2 is 2.24 bits per heavy atom. The Morgan fingerprint density at radius 1 is 1.53 bits per heavy atom. The molecule has 0 amide bonds. The Labute approximate surface area is 95.6 Å². The molecule has 2 heterocycles. The molecule has 0 fully saturated rings. The summed E-state index contributed by atoms with van der Waals surface area (Å²) in [5, 5.41) is 18.5. The predicted molar refractivity (Wildman–Crippen MR) is 57.4 cm³/mol. The monoisotopic (exact) mass is 240 g/mol. The van der Waals surface area contributed by atoms with E-state index in [1.807, 2.05) is 0 Å². The molecule has 2 atom stereocenters. The zero-order valence-corrected chi connectivity index (χ0v) is 9.08. The van der Waals surface area contributed by atoms with E-state index in [1.165, 1.54) is 19.2 Å². The number of H-pyrrole nitrogens is 1. The number of aryl methyl sites for hydroxylation is 1. The highest BCUT2D eigenvalue weighted by Crippen LogP contribution is 2.24. The molecule has 17 heavy (non-hydrogen) atoms. The molecule has 1 aromatic rings. The van der Waals surface area contributed by atoms with Gasteiger partial charge < -0.3 is 14.9 Å². The van der Waals surface area contributed by atoms with Gasteiger partial charge >= 0.3 is 5.69 Å². The van der Waals surface area contributed by atoms with Crippen LogP contribution in [0.2, 0.25) is 0 Å². The molecule has 0 saturated heterocycles. The summed E-state index contributed by atoms with van der Waals surface area (Å²) in [4.78, 5) is 24.8. The number of aromatic amines is 1. The molecule has 7 heteroatoms. The van der Waals surface area contributed by atoms with Crippen molar-refractivity contribution in [3.8, 4) is 0 Å². The Morgan fingerprint density at radius 3 is 2.82 bits per heavy atom. The first-order chi connectivity index (χ1) is 8.02. The minimum atomic E-state index is -1.04. The van der Waals surface area contributed by atoms with Crippen molar-refractivity contribution in [2.24, 2.45) is 0 Å². The van der Waals surface area contributed by atoms with Crippen LogP contribution in [-0.4, -0.2) is 32.5 Å². The SMILES string of the molecule is Cc1cn([C@@H]2OC(CO)=C[C@H]2O)c(=O)[nH]c1=O. The number of ether oxygens (including phenoxy) is 1. The van der Waals surface area contributed by atoms with Crippen molar-refractivity contribution in [1.29, 1.82) is 0 Å². The Bertz CT molecular complexity index is 571. The van der Waals surface area contributed by atoms with Gasteiger partial charge in [0, 0.05) is 11.8 Å². The smallest absolute Gasteiger partial charge is 0.331 e. The predicted octanol–water partition coefficient (Wildman–Crippen LogP) is -1.39. The fourth-order valence-corrected chi connectivity index (χ4v) is 1.62. The second-order valence-corrected chi connectivity index (χ2v) is 3.77. The summed E-state index contributed by atoms with van der Waals surface area (Å²) >= 11 is 0. The van der Waals surface area contributed by atoms with Crippen molar-refractivity contribution in [2.75, 3.05) is 6.61 Å². The Kier molecular flexibility index (Phi) is 2.86. The van der Waals surface area contributed by atoms with Crippen LogP contribution in [0.1, 0.15) is 11.8 Å². The summed E-state index contributed by atoms with van der Waals surface area (Å²) in [5.74, 6) is 0.193. The van der Waals surface area contributed by atoms with Gasteiger partial charge in [-0.05, 0) is 13.0 Å². The first-order valence-corrected chi connectivity index (χ1v) is 5.01. The highest BCUT2D eigenvalue weighted by molar-refractivity contribution is 5.09. The molecule has 7 nitrogen and oxygen atoms in total. The molecule has 0 unspecified atom stereocenters. The molecule has 92 valence electrons. The minimum absolute atomic E-state index is 0.193. The molecule has 0 radical (unpaired) electrons. The van der Waals surface area contributed by atoms with E-state index >= 15 is 0 Å². The fraction of sp³-hybridized carbons (Fsp3) is 0.400. The van der Waals surface area contributed by atoms with Crippen LogP contribution >= 0.6 is 0 Å². The number of hydrogen-bond donors (Lipinski definition) is 3. The van der Waals surface area contributed by atoms with Crippen molar-refractivity contribution < 1.29 is 14.9 Å². The van der Waals surface area contributed by atoms with Crippen LogP contribution in [0.5, 0.6) is 0 Å². The van der Waals surface area contributed by atoms with E-state index in [0.29, 0.717) is 5.56 Å². The van der Waals surface area contributed by atoms with Gasteiger partial charge in [0.15, 0.2) is 0 Å². The van der Waals surface area contributed by atoms with Gasteiger partial charge in [0.1, 0.15) is 18.5 Å². The van der Waals surface area contributed by atoms with Crippen molar-refractivity contribution in [1.82, 2.24) is 9.55 Å². The van der Waals surface area contributed by atoms with E-state index in [-0.39, 0.29) is 12.4 Å². The summed E-state index contributed by atoms with van der Waals surface area (Å²) in [5.41, 5.74) is -0.816. The lowest BCUT2D eigenvalue weighted by atomic mass is 10.3. The molecular formula is C10H12N2O5. The number of aliphatic hydroxyl groups is 2. The van der Waals surface area contributed by atoms with E-state index < -0.39 is 23.6 Å². The molecule has 3 N–H and O–H groups in total. The van der Waals surface area contributed by atoms with Crippen LogP contribution in [0.15, 0.2) is 27.6 Å². The van der Waals surface area contributed by atoms with E-state index in [9.17, 15) is 14.7 Å². The van der Waals surface area contributed by atoms with Gasteiger partial charge in [-0.2, -0.15) is 0 Å². The molecule has 0 spiro atoms. The van der Waals surface area contributed by atoms with Gasteiger partial charge in [0.25, 0.3) is 5.56 Å². The Balaban J connectivity index is 2.40. The van der Waals surface area contributed by atoms with Crippen molar-refractivity contribution in [3.63, 3.8) is 0 Å². The number of aliphatic hydroxyl groups excluding tert-OH is 2. The maximum absolute atomic E-state index is 11.6. The summed E-state index contributed by atoms with van der Waals surface area (Å²) < 4.78 is 6.27. The maximum atomic E-state index is 11.6. The highest BCUT2D eigenvalue weighted by atomic mass is 16.5. The zero-order valence-electron chi connectivity index (χ0n) is 9.08. The van der Waals surface area contributed by atoms with Crippen LogP contribution in [0.4, 0.5) is 0 Å². The maximum Gasteiger partial charge on any atom is 0.331 e. The Hall–Kier alpha value is -1.86. The third kappa shape index (κ3) is 2.02. The van der Waals surface area contributed by atoms with Crippen molar-refractivity contribution in [2.45, 2.75) is 19.3 Å². The lowest BCUT2D eigenvalue weighted by Gasteiger charge is -2.18. The van der Waals surface area contributed by atoms with E-state index in [1.54, 1.807) is 0 Å². The molecule has 0 saturated carbocycles. The van der Waals surface area contributed by atoms with Crippen molar-refractivity contribution in [3.05, 3.63) is 44.4 Å².